The van der Waals surface area contributed by atoms with Crippen LogP contribution in [0.25, 0.3) is 21.6 Å². The van der Waals surface area contributed by atoms with Gasteiger partial charge in [-0.25, -0.2) is 0 Å². The van der Waals surface area contributed by atoms with Crippen LogP contribution in [0, 0.1) is 51.9 Å². The highest BCUT2D eigenvalue weighted by Gasteiger charge is 2.29. The molecule has 0 aromatic carbocycles. The van der Waals surface area contributed by atoms with Gasteiger partial charge in [0.2, 0.25) is 23.6 Å². The number of aromatic nitrogens is 3. The number of rotatable bonds is 47. The molecule has 592 valence electrons. The van der Waals surface area contributed by atoms with Crippen molar-refractivity contribution in [3.05, 3.63) is 122 Å². The largest absolute Gasteiger partial charge is 0.481 e. The normalized spacial score (nSPS) is 14.1. The molecular formula is C78H112N12O12S6. The summed E-state index contributed by atoms with van der Waals surface area (Å²) in [6.07, 6.45) is 22.9. The Morgan fingerprint density at radius 3 is 1.49 bits per heavy atom. The Morgan fingerprint density at radius 2 is 1.08 bits per heavy atom. The minimum absolute atomic E-state index is 0.0128. The number of aryl methyl sites for hydroxylation is 6. The average molecular weight is 1600 g/mol. The van der Waals surface area contributed by atoms with E-state index in [1.807, 2.05) is 6.20 Å². The molecule has 7 rings (SSSR count). The second-order valence-electron chi connectivity index (χ2n) is 26.4. The Labute approximate surface area is 662 Å². The number of azide groups is 1. The maximum absolute atomic E-state index is 13.0. The number of esters is 2. The quantitative estimate of drug-likeness (QED) is 0.00702. The molecule has 24 nitrogen and oxygen atoms in total. The Balaban J connectivity index is 0.000000325. The van der Waals surface area contributed by atoms with Crippen molar-refractivity contribution >= 4 is 128 Å². The molecule has 4 N–H and O–H groups in total. The summed E-state index contributed by atoms with van der Waals surface area (Å²) in [7, 11) is 0. The van der Waals surface area contributed by atoms with E-state index in [1.54, 1.807) is 73.7 Å². The fourth-order valence-corrected chi connectivity index (χ4v) is 17.8. The van der Waals surface area contributed by atoms with Crippen LogP contribution in [0.3, 0.4) is 0 Å². The number of piperidine rings is 2. The molecular weight excluding hydrogens is 1490 g/mol. The van der Waals surface area contributed by atoms with Crippen molar-refractivity contribution < 1.29 is 58.0 Å². The maximum Gasteiger partial charge on any atom is 0.310 e. The summed E-state index contributed by atoms with van der Waals surface area (Å²) < 4.78 is 12.8. The lowest BCUT2D eigenvalue weighted by Gasteiger charge is -2.31. The van der Waals surface area contributed by atoms with E-state index in [1.165, 1.54) is 76.4 Å². The van der Waals surface area contributed by atoms with Crippen LogP contribution in [0.2, 0.25) is 0 Å². The third-order valence-electron chi connectivity index (χ3n) is 18.0. The summed E-state index contributed by atoms with van der Waals surface area (Å²) in [5.74, 6) is 2.76. The number of hydrogen-bond acceptors (Lipinski definition) is 21. The topological polar surface area (TPSA) is 312 Å². The number of carboxylic acids is 2. The average Bonchev–Trinajstić information content (AvgIpc) is 1.67. The predicted molar refractivity (Wildman–Crippen MR) is 438 cm³/mol. The highest BCUT2D eigenvalue weighted by atomic mass is 32.2. The lowest BCUT2D eigenvalue weighted by Crippen LogP contribution is -2.39. The van der Waals surface area contributed by atoms with E-state index in [2.05, 4.69) is 132 Å². The lowest BCUT2D eigenvalue weighted by atomic mass is 9.98. The van der Waals surface area contributed by atoms with Gasteiger partial charge in [-0.15, -0.1) is 62.8 Å². The number of carbonyl (C=O) groups excluding carboxylic acids is 6. The van der Waals surface area contributed by atoms with Crippen LogP contribution in [0.4, 0.5) is 0 Å². The maximum atomic E-state index is 13.0. The standard InChI is InChI=1S/C39H56N6O6S3.C23H30N4O2S2.C16H26N2O4S/c1-4-35(47)44(21-26-52-23-15-36(48)49)20-16-40-34(46)12-5-10-32-28-45(42-41-32)19-8-22-51-39(50)31-9-6-17-43(27-31)18-7-11-33(37-29(2)13-24-53-37)38-30(3)14-25-54-38;1-17-8-14-30-21(17)20(22-18(2)9-15-31-22)7-4-12-27-11-3-6-19(16-27)23(28)29-13-5-10-25-26-24;1-3-5-6-7-14(19)17-9-10-18(15(20)4-2)11-13-23-12-8-16(21)22/h11,13-14,24-25,28,31H,4-10,12,15-23,26-27H2,1-3H3,(H,40,46)(H,48,49);7-9,14-15,19H,3-6,10-13,16H2,1-2H3;1H,4-13H2,2H3,(H,17,19)(H,21,22)/t31-;19-;/m11./s1. The summed E-state index contributed by atoms with van der Waals surface area (Å²) in [5.41, 5.74) is 17.0. The Kier molecular flexibility index (Phi) is 45.2. The summed E-state index contributed by atoms with van der Waals surface area (Å²) >= 11 is 10.2. The van der Waals surface area contributed by atoms with Crippen molar-refractivity contribution in [3.63, 3.8) is 0 Å². The fourth-order valence-electron chi connectivity index (χ4n) is 12.1. The van der Waals surface area contributed by atoms with Crippen LogP contribution in [-0.4, -0.2) is 214 Å². The van der Waals surface area contributed by atoms with E-state index in [4.69, 9.17) is 31.6 Å². The highest BCUT2D eigenvalue weighted by Crippen LogP contribution is 2.37. The Bertz CT molecular complexity index is 3630. The molecule has 0 spiro atoms. The van der Waals surface area contributed by atoms with E-state index in [0.29, 0.717) is 153 Å². The first-order chi connectivity index (χ1) is 52.2. The first kappa shape index (κ1) is 91.3. The van der Waals surface area contributed by atoms with Crippen molar-refractivity contribution in [2.75, 3.05) is 121 Å². The smallest absolute Gasteiger partial charge is 0.310 e. The molecule has 5 aromatic heterocycles. The molecule has 108 heavy (non-hydrogen) atoms. The molecule has 2 aliphatic rings. The molecule has 2 atom stereocenters. The van der Waals surface area contributed by atoms with E-state index < -0.39 is 11.9 Å². The molecule has 0 bridgehead atoms. The Morgan fingerprint density at radius 1 is 0.639 bits per heavy atom. The lowest BCUT2D eigenvalue weighted by molar-refractivity contribution is -0.151. The van der Waals surface area contributed by atoms with Crippen molar-refractivity contribution in [3.8, 4) is 12.3 Å². The Hall–Kier alpha value is -7.33. The molecule has 2 saturated heterocycles. The number of aliphatic carboxylic acids is 2. The molecule has 2 aliphatic heterocycles. The van der Waals surface area contributed by atoms with Gasteiger partial charge in [0.25, 0.3) is 0 Å². The van der Waals surface area contributed by atoms with Crippen LogP contribution in [0.5, 0.6) is 0 Å². The van der Waals surface area contributed by atoms with Crippen molar-refractivity contribution in [1.82, 2.24) is 45.2 Å². The number of nitrogens with one attached hydrogen (secondary N) is 2. The van der Waals surface area contributed by atoms with Gasteiger partial charge in [-0.1, -0.05) is 36.3 Å². The molecule has 30 heteroatoms. The van der Waals surface area contributed by atoms with Crippen molar-refractivity contribution in [1.29, 1.82) is 0 Å². The zero-order valence-corrected chi connectivity index (χ0v) is 68.8. The van der Waals surface area contributed by atoms with Gasteiger partial charge >= 0.3 is 23.9 Å². The van der Waals surface area contributed by atoms with Crippen molar-refractivity contribution in [2.24, 2.45) is 17.0 Å². The number of thioether (sulfide) groups is 2. The monoisotopic (exact) mass is 1600 g/mol. The summed E-state index contributed by atoms with van der Waals surface area (Å²) in [5, 5.41) is 43.5. The van der Waals surface area contributed by atoms with Gasteiger partial charge in [-0.2, -0.15) is 23.5 Å². The second kappa shape index (κ2) is 53.5. The second-order valence-corrected chi connectivity index (χ2v) is 32.5. The van der Waals surface area contributed by atoms with Gasteiger partial charge in [0.05, 0.1) is 43.6 Å². The molecule has 5 aromatic rings. The summed E-state index contributed by atoms with van der Waals surface area (Å²) in [4.78, 5) is 111. The number of likely N-dealkylation sites (tertiary alicyclic amines) is 2. The molecule has 0 radical (unpaired) electrons. The van der Waals surface area contributed by atoms with E-state index in [0.717, 1.165) is 83.5 Å². The molecule has 2 fully saturated rings. The predicted octanol–water partition coefficient (Wildman–Crippen LogP) is 13.6. The van der Waals surface area contributed by atoms with E-state index in [9.17, 15) is 38.4 Å². The molecule has 7 heterocycles. The zero-order chi connectivity index (χ0) is 78.3. The summed E-state index contributed by atoms with van der Waals surface area (Å²) in [6.45, 7) is 22.1. The van der Waals surface area contributed by atoms with E-state index in [-0.39, 0.29) is 60.2 Å². The molecule has 0 unspecified atom stereocenters. The van der Waals surface area contributed by atoms with Gasteiger partial charge in [-0.3, -0.25) is 43.0 Å². The van der Waals surface area contributed by atoms with Gasteiger partial charge < -0.3 is 49.9 Å². The van der Waals surface area contributed by atoms with Crippen molar-refractivity contribution in [2.45, 2.75) is 164 Å². The zero-order valence-electron chi connectivity index (χ0n) is 63.9. The van der Waals surface area contributed by atoms with Gasteiger partial charge in [0.1, 0.15) is 0 Å². The highest BCUT2D eigenvalue weighted by molar-refractivity contribution is 7.99. The van der Waals surface area contributed by atoms with Crippen LogP contribution < -0.4 is 10.6 Å². The van der Waals surface area contributed by atoms with Crippen LogP contribution in [-0.2, 0) is 60.8 Å². The molecule has 0 aliphatic carbocycles. The number of ether oxygens (including phenoxy) is 2. The van der Waals surface area contributed by atoms with Crippen LogP contribution in [0.1, 0.15) is 170 Å². The van der Waals surface area contributed by atoms with Crippen LogP contribution in [0.15, 0.2) is 69.2 Å². The minimum atomic E-state index is -0.827. The molecule has 4 amide bonds. The number of thiophene rings is 4. The molecule has 0 saturated carbocycles. The number of hydrogen-bond donors (Lipinski definition) is 4. The van der Waals surface area contributed by atoms with Crippen LogP contribution >= 0.6 is 68.9 Å². The van der Waals surface area contributed by atoms with Gasteiger partial charge in [0, 0.05) is 182 Å². The third-order valence-corrected chi connectivity index (χ3v) is 24.1. The number of unbranched alkanes of at least 4 members (excludes halogenated alkanes) is 1. The number of carbonyl (C=O) groups is 8. The van der Waals surface area contributed by atoms with E-state index >= 15 is 0 Å². The first-order valence-corrected chi connectivity index (χ1v) is 43.5. The number of terminal acetylenes is 1. The third kappa shape index (κ3) is 35.6. The fraction of sp³-hybridized carbons (Fsp3) is 0.590. The number of carboxylic acid groups (broad SMARTS) is 2. The minimum Gasteiger partial charge on any atom is -0.481 e. The SMILES string of the molecule is C#CCCCC(=O)NCCN(CCSCCC(=O)O)C(=O)CC.CCC(=O)N(CCNC(=O)CCCc1cn(CCCOC(=O)[C@@H]2CCCN(CCC=C(c3sccc3C)c3sccc3C)C2)nn1)CCSCCC(=O)O.Cc1ccsc1C(=CCCN1CCC[C@@H](C(=O)OCCCN=[N+]=[N-])C1)c1sccc1C. The van der Waals surface area contributed by atoms with Gasteiger partial charge in [-0.05, 0) is 179 Å². The summed E-state index contributed by atoms with van der Waals surface area (Å²) in [6, 6.07) is 8.74. The number of amides is 4. The van der Waals surface area contributed by atoms with Gasteiger partial charge in [0.15, 0.2) is 0 Å². The number of nitrogens with zero attached hydrogens (tertiary/aromatic N) is 10. The first-order valence-electron chi connectivity index (χ1n) is 37.6.